The molecule has 0 bridgehead atoms. The number of fused-ring (bicyclic) bond motifs is 1. The zero-order valence-corrected chi connectivity index (χ0v) is 16.9. The van der Waals surface area contributed by atoms with Gasteiger partial charge in [-0.3, -0.25) is 9.59 Å². The summed E-state index contributed by atoms with van der Waals surface area (Å²) in [6.45, 7) is 0. The molecule has 2 aliphatic heterocycles. The van der Waals surface area contributed by atoms with Gasteiger partial charge < -0.3 is 10.0 Å². The van der Waals surface area contributed by atoms with Crippen molar-refractivity contribution in [3.05, 3.63) is 28.8 Å². The molecule has 0 unspecified atom stereocenters. The van der Waals surface area contributed by atoms with Crippen LogP contribution in [0, 0.1) is 0 Å². The van der Waals surface area contributed by atoms with Crippen molar-refractivity contribution in [2.45, 2.75) is 30.3 Å². The van der Waals surface area contributed by atoms with Gasteiger partial charge in [-0.2, -0.15) is 18.2 Å². The minimum absolute atomic E-state index is 0.00603. The number of amides is 1. The van der Waals surface area contributed by atoms with Crippen molar-refractivity contribution in [1.82, 2.24) is 0 Å². The molecule has 7 nitrogen and oxygen atoms in total. The Morgan fingerprint density at radius 1 is 1.28 bits per heavy atom. The van der Waals surface area contributed by atoms with Crippen molar-refractivity contribution in [2.24, 2.45) is 4.99 Å². The highest BCUT2D eigenvalue weighted by molar-refractivity contribution is 8.16. The van der Waals surface area contributed by atoms with Crippen LogP contribution in [0.2, 0.25) is 5.02 Å². The van der Waals surface area contributed by atoms with E-state index in [0.29, 0.717) is 0 Å². The predicted octanol–water partition coefficient (Wildman–Crippen LogP) is 2.83. The van der Waals surface area contributed by atoms with E-state index in [9.17, 15) is 31.2 Å². The van der Waals surface area contributed by atoms with Crippen LogP contribution in [0.1, 0.15) is 18.4 Å². The number of hydrogen-bond acceptors (Lipinski definition) is 5. The second kappa shape index (κ2) is 7.80. The van der Waals surface area contributed by atoms with Crippen LogP contribution >= 0.6 is 23.4 Å². The highest BCUT2D eigenvalue weighted by Crippen LogP contribution is 2.44. The summed E-state index contributed by atoms with van der Waals surface area (Å²) in [4.78, 5) is 27.7. The van der Waals surface area contributed by atoms with E-state index < -0.39 is 57.6 Å². The number of aliphatic imine (C=N–C) groups is 1. The number of sulfone groups is 1. The van der Waals surface area contributed by atoms with Crippen molar-refractivity contribution >= 4 is 55.9 Å². The summed E-state index contributed by atoms with van der Waals surface area (Å²) in [5.41, 5.74) is -1.09. The fourth-order valence-electron chi connectivity index (χ4n) is 3.10. The average molecular weight is 471 g/mol. The van der Waals surface area contributed by atoms with Crippen LogP contribution in [0.25, 0.3) is 0 Å². The van der Waals surface area contributed by atoms with E-state index in [-0.39, 0.29) is 27.4 Å². The third-order valence-corrected chi connectivity index (χ3v) is 7.90. The van der Waals surface area contributed by atoms with Gasteiger partial charge in [0.25, 0.3) is 0 Å². The minimum Gasteiger partial charge on any atom is -0.481 e. The highest BCUT2D eigenvalue weighted by atomic mass is 35.5. The van der Waals surface area contributed by atoms with Crippen LogP contribution < -0.4 is 4.90 Å². The topological polar surface area (TPSA) is 104 Å². The molecule has 2 atom stereocenters. The number of rotatable bonds is 4. The molecule has 1 aromatic rings. The van der Waals surface area contributed by atoms with Crippen LogP contribution in [-0.4, -0.2) is 53.4 Å². The molecule has 2 heterocycles. The molecule has 0 aliphatic carbocycles. The Morgan fingerprint density at radius 3 is 2.59 bits per heavy atom. The Morgan fingerprint density at radius 2 is 1.97 bits per heavy atom. The SMILES string of the molecule is O=C(O)CCC(=O)N=C1S[C@H]2CS(=O)(=O)C[C@H]2N1c1cc(C(F)(F)F)ccc1Cl. The van der Waals surface area contributed by atoms with Gasteiger partial charge in [0.2, 0.25) is 5.91 Å². The Balaban J connectivity index is 2.03. The summed E-state index contributed by atoms with van der Waals surface area (Å²) >= 11 is 7.07. The van der Waals surface area contributed by atoms with E-state index >= 15 is 0 Å². The molecule has 0 aromatic heterocycles. The second-order valence-corrected chi connectivity index (χ2v) is 10.3. The normalized spacial score (nSPS) is 24.7. The van der Waals surface area contributed by atoms with Crippen LogP contribution in [0.15, 0.2) is 23.2 Å². The summed E-state index contributed by atoms with van der Waals surface area (Å²) in [5, 5.41) is 8.09. The number of aliphatic carboxylic acids is 1. The standard InChI is InChI=1S/C16H14ClF3N2O5S2/c17-9-2-1-8(16(18,19)20)5-10(9)22-11-6-29(26,27)7-12(11)28-15(22)21-13(23)3-4-14(24)25/h1-2,5,11-12H,3-4,6-7H2,(H,24,25)/t11-,12+/m1/s1. The third kappa shape index (κ3) is 4.86. The molecule has 3 rings (SSSR count). The van der Waals surface area contributed by atoms with Gasteiger partial charge in [-0.1, -0.05) is 23.4 Å². The molecular weight excluding hydrogens is 457 g/mol. The fourth-order valence-corrected chi connectivity index (χ4v) is 7.23. The lowest BCUT2D eigenvalue weighted by Gasteiger charge is -2.26. The Labute approximate surface area is 172 Å². The van der Waals surface area contributed by atoms with Gasteiger partial charge in [0.1, 0.15) is 0 Å². The zero-order valence-electron chi connectivity index (χ0n) is 14.5. The number of carbonyl (C=O) groups is 2. The summed E-state index contributed by atoms with van der Waals surface area (Å²) in [6, 6.07) is 1.89. The quantitative estimate of drug-likeness (QED) is 0.721. The van der Waals surface area contributed by atoms with E-state index in [1.807, 2.05) is 0 Å². The number of nitrogens with zero attached hydrogens (tertiary/aromatic N) is 2. The van der Waals surface area contributed by atoms with Gasteiger partial charge >= 0.3 is 12.1 Å². The third-order valence-electron chi connectivity index (χ3n) is 4.37. The number of benzene rings is 1. The molecule has 2 saturated heterocycles. The fraction of sp³-hybridized carbons (Fsp3) is 0.438. The number of amidine groups is 1. The van der Waals surface area contributed by atoms with E-state index in [1.54, 1.807) is 0 Å². The maximum absolute atomic E-state index is 13.2. The van der Waals surface area contributed by atoms with Crippen LogP contribution in [0.3, 0.4) is 0 Å². The van der Waals surface area contributed by atoms with Crippen molar-refractivity contribution < 1.29 is 36.3 Å². The second-order valence-electron chi connectivity index (χ2n) is 6.52. The smallest absolute Gasteiger partial charge is 0.416 e. The predicted molar refractivity (Wildman–Crippen MR) is 102 cm³/mol. The van der Waals surface area contributed by atoms with Crippen LogP contribution in [0.5, 0.6) is 0 Å². The zero-order chi connectivity index (χ0) is 21.6. The summed E-state index contributed by atoms with van der Waals surface area (Å²) in [7, 11) is -3.42. The largest absolute Gasteiger partial charge is 0.481 e. The first-order valence-electron chi connectivity index (χ1n) is 8.24. The lowest BCUT2D eigenvalue weighted by molar-refractivity contribution is -0.138. The Bertz CT molecular complexity index is 997. The first-order valence-corrected chi connectivity index (χ1v) is 11.3. The van der Waals surface area contributed by atoms with Gasteiger partial charge in [-0.05, 0) is 18.2 Å². The number of thioether (sulfide) groups is 1. The Hall–Kier alpha value is -1.79. The van der Waals surface area contributed by atoms with Gasteiger partial charge in [0, 0.05) is 11.7 Å². The van der Waals surface area contributed by atoms with Gasteiger partial charge in [-0.25, -0.2) is 8.42 Å². The monoisotopic (exact) mass is 470 g/mol. The average Bonchev–Trinajstić information content (AvgIpc) is 3.03. The molecule has 1 amide bonds. The van der Waals surface area contributed by atoms with Crippen molar-refractivity contribution in [1.29, 1.82) is 0 Å². The number of carboxylic acids is 1. The van der Waals surface area contributed by atoms with Crippen molar-refractivity contribution in [3.63, 3.8) is 0 Å². The van der Waals surface area contributed by atoms with E-state index in [0.717, 1.165) is 30.0 Å². The molecule has 2 fully saturated rings. The molecule has 2 aliphatic rings. The van der Waals surface area contributed by atoms with Crippen LogP contribution in [0.4, 0.5) is 18.9 Å². The van der Waals surface area contributed by atoms with Crippen molar-refractivity contribution in [2.75, 3.05) is 16.4 Å². The van der Waals surface area contributed by atoms with Gasteiger partial charge in [-0.15, -0.1) is 0 Å². The summed E-state index contributed by atoms with van der Waals surface area (Å²) < 4.78 is 63.5. The molecule has 0 radical (unpaired) electrons. The van der Waals surface area contributed by atoms with Crippen LogP contribution in [-0.2, 0) is 25.6 Å². The summed E-state index contributed by atoms with van der Waals surface area (Å²) in [6.07, 6.45) is -5.50. The molecule has 13 heteroatoms. The summed E-state index contributed by atoms with van der Waals surface area (Å²) in [5.74, 6) is -2.50. The molecule has 158 valence electrons. The first-order chi connectivity index (χ1) is 13.4. The maximum atomic E-state index is 13.2. The number of hydrogen-bond donors (Lipinski definition) is 1. The number of carbonyl (C=O) groups excluding carboxylic acids is 1. The van der Waals surface area contributed by atoms with E-state index in [4.69, 9.17) is 16.7 Å². The molecule has 29 heavy (non-hydrogen) atoms. The minimum atomic E-state index is -4.65. The lowest BCUT2D eigenvalue weighted by Crippen LogP contribution is -2.38. The van der Waals surface area contributed by atoms with E-state index in [2.05, 4.69) is 4.99 Å². The molecule has 1 N–H and O–H groups in total. The molecule has 0 spiro atoms. The maximum Gasteiger partial charge on any atom is 0.416 e. The van der Waals surface area contributed by atoms with E-state index in [1.165, 1.54) is 4.90 Å². The van der Waals surface area contributed by atoms with Gasteiger partial charge in [0.05, 0.1) is 40.2 Å². The van der Waals surface area contributed by atoms with Crippen molar-refractivity contribution in [3.8, 4) is 0 Å². The molecule has 1 aromatic carbocycles. The van der Waals surface area contributed by atoms with Gasteiger partial charge in [0.15, 0.2) is 15.0 Å². The number of halogens is 4. The first kappa shape index (κ1) is 21.9. The number of anilines is 1. The highest BCUT2D eigenvalue weighted by Gasteiger charge is 2.50. The molecular formula is C16H14ClF3N2O5S2. The molecule has 0 saturated carbocycles. The number of alkyl halides is 3. The number of carboxylic acid groups (broad SMARTS) is 1. The lowest BCUT2D eigenvalue weighted by atomic mass is 10.1. The Kier molecular flexibility index (Phi) is 5.89.